The molecule has 1 spiro atoms. The van der Waals surface area contributed by atoms with Gasteiger partial charge < -0.3 is 24.0 Å². The summed E-state index contributed by atoms with van der Waals surface area (Å²) in [5.41, 5.74) is 2.39. The molecule has 1 unspecified atom stereocenters. The molecule has 3 heterocycles. The number of rotatable bonds is 2. The predicted octanol–water partition coefficient (Wildman–Crippen LogP) is 3.85. The number of piperazine rings is 1. The van der Waals surface area contributed by atoms with Gasteiger partial charge in [-0.3, -0.25) is 9.59 Å². The average Bonchev–Trinajstić information content (AvgIpc) is 3.16. The number of hydrogen-bond donors (Lipinski definition) is 0. The molecular formula is C28H24N2O6. The van der Waals surface area contributed by atoms with Crippen LogP contribution >= 0.6 is 0 Å². The molecule has 8 nitrogen and oxygen atoms in total. The minimum Gasteiger partial charge on any atom is -0.456 e. The standard InChI is InChI=1S/C28H24N2O6/c1-17(31)29-11-13-30(14-12-29)19-7-9-23-25(15-19)35-26-16-20(34-18(2)32)8-10-24(26)28(23)22-6-4-3-5-21(22)27(33)36-28/h3-10,15-16H,11-14H2,1-2H3. The molecule has 182 valence electrons. The summed E-state index contributed by atoms with van der Waals surface area (Å²) in [6.07, 6.45) is 0. The molecule has 3 aliphatic heterocycles. The lowest BCUT2D eigenvalue weighted by molar-refractivity contribution is -0.132. The third-order valence-corrected chi connectivity index (χ3v) is 7.02. The van der Waals surface area contributed by atoms with Crippen molar-refractivity contribution in [1.29, 1.82) is 0 Å². The Balaban J connectivity index is 1.47. The van der Waals surface area contributed by atoms with Gasteiger partial charge in [0.2, 0.25) is 5.91 Å². The van der Waals surface area contributed by atoms with Crippen molar-refractivity contribution >= 4 is 23.5 Å². The smallest absolute Gasteiger partial charge is 0.340 e. The van der Waals surface area contributed by atoms with E-state index in [0.29, 0.717) is 54.6 Å². The predicted molar refractivity (Wildman–Crippen MR) is 130 cm³/mol. The lowest BCUT2D eigenvalue weighted by atomic mass is 9.77. The number of carbonyl (C=O) groups is 3. The Kier molecular flexibility index (Phi) is 5.00. The monoisotopic (exact) mass is 484 g/mol. The highest BCUT2D eigenvalue weighted by molar-refractivity contribution is 5.97. The van der Waals surface area contributed by atoms with E-state index in [2.05, 4.69) is 4.90 Å². The maximum Gasteiger partial charge on any atom is 0.340 e. The summed E-state index contributed by atoms with van der Waals surface area (Å²) >= 11 is 0. The van der Waals surface area contributed by atoms with Gasteiger partial charge in [-0.05, 0) is 30.3 Å². The van der Waals surface area contributed by atoms with Crippen LogP contribution in [-0.2, 0) is 19.9 Å². The topological polar surface area (TPSA) is 85.4 Å². The van der Waals surface area contributed by atoms with E-state index in [4.69, 9.17) is 14.2 Å². The Morgan fingerprint density at radius 3 is 2.28 bits per heavy atom. The fourth-order valence-electron chi connectivity index (χ4n) is 5.35. The summed E-state index contributed by atoms with van der Waals surface area (Å²) in [5, 5.41) is 0. The van der Waals surface area contributed by atoms with Crippen LogP contribution < -0.4 is 14.4 Å². The van der Waals surface area contributed by atoms with E-state index >= 15 is 0 Å². The number of benzene rings is 3. The summed E-state index contributed by atoms with van der Waals surface area (Å²) in [5.74, 6) is 0.576. The number of carbonyl (C=O) groups excluding carboxylic acids is 3. The SMILES string of the molecule is CC(=O)Oc1ccc2c(c1)Oc1cc(N3CCN(C(C)=O)CC3)ccc1C21OC(=O)c2ccccc21. The van der Waals surface area contributed by atoms with E-state index in [1.807, 2.05) is 41.3 Å². The van der Waals surface area contributed by atoms with Gasteiger partial charge in [-0.15, -0.1) is 0 Å². The van der Waals surface area contributed by atoms with E-state index in [9.17, 15) is 14.4 Å². The second-order valence-electron chi connectivity index (χ2n) is 9.14. The van der Waals surface area contributed by atoms with Gasteiger partial charge in [-0.2, -0.15) is 0 Å². The summed E-state index contributed by atoms with van der Waals surface area (Å²) in [4.78, 5) is 40.3. The third-order valence-electron chi connectivity index (χ3n) is 7.02. The summed E-state index contributed by atoms with van der Waals surface area (Å²) in [7, 11) is 0. The molecule has 3 aliphatic rings. The Morgan fingerprint density at radius 1 is 0.861 bits per heavy atom. The van der Waals surface area contributed by atoms with Gasteiger partial charge >= 0.3 is 11.9 Å². The molecule has 1 saturated heterocycles. The van der Waals surface area contributed by atoms with Crippen molar-refractivity contribution in [1.82, 2.24) is 4.90 Å². The molecule has 3 aromatic carbocycles. The van der Waals surface area contributed by atoms with Crippen molar-refractivity contribution in [3.63, 3.8) is 0 Å². The molecule has 0 aliphatic carbocycles. The second kappa shape index (κ2) is 8.12. The van der Waals surface area contributed by atoms with Crippen molar-refractivity contribution in [3.8, 4) is 17.2 Å². The molecule has 0 saturated carbocycles. The first-order valence-electron chi connectivity index (χ1n) is 11.9. The van der Waals surface area contributed by atoms with Gasteiger partial charge in [-0.1, -0.05) is 18.2 Å². The van der Waals surface area contributed by atoms with Gasteiger partial charge in [0.1, 0.15) is 17.2 Å². The Bertz CT molecular complexity index is 1430. The van der Waals surface area contributed by atoms with Crippen molar-refractivity contribution in [2.45, 2.75) is 19.4 Å². The molecule has 0 radical (unpaired) electrons. The van der Waals surface area contributed by atoms with Crippen molar-refractivity contribution < 1.29 is 28.6 Å². The van der Waals surface area contributed by atoms with Gasteiger partial charge in [0.05, 0.1) is 5.56 Å². The van der Waals surface area contributed by atoms with Crippen LogP contribution in [-0.4, -0.2) is 48.9 Å². The first-order valence-corrected chi connectivity index (χ1v) is 11.9. The molecule has 0 aromatic heterocycles. The Hall–Kier alpha value is -4.33. The molecule has 1 amide bonds. The number of anilines is 1. The van der Waals surface area contributed by atoms with Crippen LogP contribution in [0.5, 0.6) is 17.2 Å². The zero-order valence-electron chi connectivity index (χ0n) is 19.9. The van der Waals surface area contributed by atoms with Gasteiger partial charge in [0.15, 0.2) is 5.60 Å². The van der Waals surface area contributed by atoms with Crippen LogP contribution in [0.3, 0.4) is 0 Å². The van der Waals surface area contributed by atoms with Crippen LogP contribution in [0.2, 0.25) is 0 Å². The van der Waals surface area contributed by atoms with E-state index in [1.165, 1.54) is 6.92 Å². The maximum absolute atomic E-state index is 13.0. The largest absolute Gasteiger partial charge is 0.456 e. The molecule has 8 heteroatoms. The molecule has 36 heavy (non-hydrogen) atoms. The number of hydrogen-bond acceptors (Lipinski definition) is 7. The van der Waals surface area contributed by atoms with Gasteiger partial charge in [-0.25, -0.2) is 4.79 Å². The summed E-state index contributed by atoms with van der Waals surface area (Å²) in [6.45, 7) is 5.63. The number of fused-ring (bicyclic) bond motifs is 6. The number of esters is 2. The van der Waals surface area contributed by atoms with Crippen molar-refractivity contribution in [3.05, 3.63) is 82.9 Å². The molecular weight excluding hydrogens is 460 g/mol. The summed E-state index contributed by atoms with van der Waals surface area (Å²) < 4.78 is 17.8. The first-order chi connectivity index (χ1) is 17.4. The fraction of sp³-hybridized carbons (Fsp3) is 0.250. The first kappa shape index (κ1) is 22.2. The number of nitrogens with zero attached hydrogens (tertiary/aromatic N) is 2. The average molecular weight is 485 g/mol. The van der Waals surface area contributed by atoms with Crippen molar-refractivity contribution in [2.75, 3.05) is 31.1 Å². The minimum atomic E-state index is -1.18. The quantitative estimate of drug-likeness (QED) is 0.404. The lowest BCUT2D eigenvalue weighted by Gasteiger charge is -2.38. The highest BCUT2D eigenvalue weighted by Crippen LogP contribution is 2.57. The molecule has 6 rings (SSSR count). The zero-order valence-corrected chi connectivity index (χ0v) is 19.9. The molecule has 0 N–H and O–H groups in total. The van der Waals surface area contributed by atoms with Gasteiger partial charge in [0.25, 0.3) is 0 Å². The van der Waals surface area contributed by atoms with E-state index in [-0.39, 0.29) is 5.91 Å². The van der Waals surface area contributed by atoms with Crippen LogP contribution in [0.1, 0.15) is 40.9 Å². The Morgan fingerprint density at radius 2 is 1.56 bits per heavy atom. The molecule has 3 aromatic rings. The number of amides is 1. The normalized spacial score (nSPS) is 19.7. The molecule has 0 bridgehead atoms. The van der Waals surface area contributed by atoms with E-state index in [1.54, 1.807) is 31.2 Å². The van der Waals surface area contributed by atoms with Crippen LogP contribution in [0.15, 0.2) is 60.7 Å². The summed E-state index contributed by atoms with van der Waals surface area (Å²) in [6, 6.07) is 18.3. The van der Waals surface area contributed by atoms with Crippen molar-refractivity contribution in [2.24, 2.45) is 0 Å². The fourth-order valence-corrected chi connectivity index (χ4v) is 5.35. The molecule has 1 fully saturated rings. The highest BCUT2D eigenvalue weighted by Gasteiger charge is 2.53. The third kappa shape index (κ3) is 3.32. The minimum absolute atomic E-state index is 0.0762. The lowest BCUT2D eigenvalue weighted by Crippen LogP contribution is -2.48. The zero-order chi connectivity index (χ0) is 25.0. The van der Waals surface area contributed by atoms with E-state index in [0.717, 1.165) is 16.8 Å². The Labute approximate surface area is 208 Å². The maximum atomic E-state index is 13.0. The van der Waals surface area contributed by atoms with Crippen LogP contribution in [0.25, 0.3) is 0 Å². The molecule has 1 atom stereocenters. The van der Waals surface area contributed by atoms with Crippen LogP contribution in [0.4, 0.5) is 5.69 Å². The second-order valence-corrected chi connectivity index (χ2v) is 9.14. The van der Waals surface area contributed by atoms with E-state index < -0.39 is 17.5 Å². The van der Waals surface area contributed by atoms with Gasteiger partial charge in [0, 0.05) is 74.5 Å². The number of ether oxygens (including phenoxy) is 3. The van der Waals surface area contributed by atoms with Crippen LogP contribution in [0, 0.1) is 0 Å². The highest BCUT2D eigenvalue weighted by atomic mass is 16.6.